The monoisotopic (exact) mass is 782 g/mol. The summed E-state index contributed by atoms with van der Waals surface area (Å²) in [5, 5.41) is 14.0. The second-order valence-electron chi connectivity index (χ2n) is 14.6. The van der Waals surface area contributed by atoms with E-state index in [2.05, 4.69) is 26.6 Å². The molecule has 4 bridgehead atoms. The number of amides is 5. The van der Waals surface area contributed by atoms with Crippen LogP contribution < -0.4 is 36.1 Å². The van der Waals surface area contributed by atoms with Gasteiger partial charge < -0.3 is 50.4 Å². The number of esters is 1. The van der Waals surface area contributed by atoms with Crippen molar-refractivity contribution < 1.29 is 47.7 Å². The Bertz CT molecular complexity index is 1710. The van der Waals surface area contributed by atoms with Crippen LogP contribution in [0.15, 0.2) is 36.4 Å². The molecule has 5 amide bonds. The third-order valence-electron chi connectivity index (χ3n) is 9.12. The molecule has 308 valence electrons. The quantitative estimate of drug-likeness (QED) is 0.131. The predicted molar refractivity (Wildman–Crippen MR) is 209 cm³/mol. The van der Waals surface area contributed by atoms with Crippen molar-refractivity contribution in [1.29, 1.82) is 0 Å². The number of methoxy groups -OCH3 is 3. The molecule has 0 saturated heterocycles. The largest absolute Gasteiger partial charge is 0.496 e. The average molecular weight is 783 g/mol. The van der Waals surface area contributed by atoms with E-state index in [0.29, 0.717) is 59.6 Å². The van der Waals surface area contributed by atoms with Gasteiger partial charge in [0.25, 0.3) is 0 Å². The minimum Gasteiger partial charge on any atom is -0.496 e. The lowest BCUT2D eigenvalue weighted by atomic mass is 9.93. The van der Waals surface area contributed by atoms with Gasteiger partial charge in [-0.15, -0.1) is 0 Å². The van der Waals surface area contributed by atoms with Gasteiger partial charge in [0, 0.05) is 37.6 Å². The van der Waals surface area contributed by atoms with Gasteiger partial charge in [0.2, 0.25) is 23.6 Å². The summed E-state index contributed by atoms with van der Waals surface area (Å²) in [5.74, 6) is -1.98. The van der Waals surface area contributed by atoms with Crippen LogP contribution in [0, 0.1) is 0 Å². The van der Waals surface area contributed by atoms with Crippen molar-refractivity contribution in [1.82, 2.24) is 31.5 Å². The van der Waals surface area contributed by atoms with Crippen molar-refractivity contribution in [2.75, 3.05) is 48.5 Å². The molecule has 0 spiro atoms. The Morgan fingerprint density at radius 3 is 2.18 bits per heavy atom. The van der Waals surface area contributed by atoms with Gasteiger partial charge in [0.05, 0.1) is 21.3 Å². The number of hydrogen-bond acceptors (Lipinski definition) is 11. The van der Waals surface area contributed by atoms with Crippen LogP contribution in [-0.4, -0.2) is 113 Å². The van der Waals surface area contributed by atoms with Crippen molar-refractivity contribution in [3.63, 3.8) is 0 Å². The first kappa shape index (κ1) is 45.0. The topological polar surface area (TPSA) is 203 Å². The van der Waals surface area contributed by atoms with Gasteiger partial charge in [-0.2, -0.15) is 0 Å². The van der Waals surface area contributed by atoms with Gasteiger partial charge in [-0.1, -0.05) is 12.1 Å². The van der Waals surface area contributed by atoms with E-state index < -0.39 is 59.6 Å². The number of nitrogens with zero attached hydrogens (tertiary/aromatic N) is 1. The molecule has 56 heavy (non-hydrogen) atoms. The fourth-order valence-electron chi connectivity index (χ4n) is 6.28. The number of ether oxygens (including phenoxy) is 4. The lowest BCUT2D eigenvalue weighted by Gasteiger charge is -2.32. The number of likely N-dealkylation sites (N-methyl/N-ethyl adjacent to an activating group) is 1. The Morgan fingerprint density at radius 2 is 1.55 bits per heavy atom. The molecule has 5 N–H and O–H groups in total. The number of carbonyl (C=O) groups is 6. The molecular weight excluding hydrogens is 724 g/mol. The summed E-state index contributed by atoms with van der Waals surface area (Å²) in [4.78, 5) is 81.6. The second kappa shape index (κ2) is 21.1. The highest BCUT2D eigenvalue weighted by molar-refractivity contribution is 5.96. The molecule has 16 nitrogen and oxygen atoms in total. The van der Waals surface area contributed by atoms with Crippen molar-refractivity contribution in [2.45, 2.75) is 96.0 Å². The van der Waals surface area contributed by atoms with E-state index in [1.54, 1.807) is 64.2 Å². The minimum absolute atomic E-state index is 0.0804. The van der Waals surface area contributed by atoms with Gasteiger partial charge in [-0.25, -0.2) is 9.59 Å². The molecule has 1 aliphatic heterocycles. The normalized spacial score (nSPS) is 17.6. The molecule has 0 aliphatic carbocycles. The fraction of sp³-hybridized carbons (Fsp3) is 0.550. The van der Waals surface area contributed by atoms with Crippen LogP contribution in [0.5, 0.6) is 11.5 Å². The SMILES string of the molecule is CNCCCC(=O)N[C@@H](CCCCNC(=O)OC(C)(C)C)C(=O)N(C)[C@@H]1C(=O)N[C@@H](C)C(=O)N[C@H](C(=O)OC)Cc2ccc(OC)c(c2)-c2cc1ccc2OC. The van der Waals surface area contributed by atoms with Crippen molar-refractivity contribution in [3.8, 4) is 22.6 Å². The zero-order valence-electron chi connectivity index (χ0n) is 34.0. The highest BCUT2D eigenvalue weighted by Gasteiger charge is 2.36. The molecule has 0 aromatic heterocycles. The molecule has 0 unspecified atom stereocenters. The van der Waals surface area contributed by atoms with E-state index >= 15 is 0 Å². The Labute approximate surface area is 329 Å². The minimum atomic E-state index is -1.30. The van der Waals surface area contributed by atoms with Crippen LogP contribution in [-0.2, 0) is 39.9 Å². The van der Waals surface area contributed by atoms with E-state index in [-0.39, 0.29) is 31.7 Å². The predicted octanol–water partition coefficient (Wildman–Crippen LogP) is 2.77. The summed E-state index contributed by atoms with van der Waals surface area (Å²) in [6.07, 6.45) is 1.35. The van der Waals surface area contributed by atoms with E-state index in [0.717, 1.165) is 0 Å². The molecule has 2 aromatic rings. The first-order valence-corrected chi connectivity index (χ1v) is 18.7. The van der Waals surface area contributed by atoms with E-state index in [4.69, 9.17) is 18.9 Å². The Balaban J connectivity index is 2.07. The van der Waals surface area contributed by atoms with Gasteiger partial charge >= 0.3 is 12.1 Å². The van der Waals surface area contributed by atoms with Crippen LogP contribution in [0.1, 0.15) is 77.0 Å². The van der Waals surface area contributed by atoms with Crippen molar-refractivity contribution in [3.05, 3.63) is 47.5 Å². The summed E-state index contributed by atoms with van der Waals surface area (Å²) in [7, 11) is 7.47. The summed E-state index contributed by atoms with van der Waals surface area (Å²) < 4.78 is 21.7. The van der Waals surface area contributed by atoms with Crippen molar-refractivity contribution in [2.24, 2.45) is 0 Å². The van der Waals surface area contributed by atoms with Crippen molar-refractivity contribution >= 4 is 35.7 Å². The first-order valence-electron chi connectivity index (χ1n) is 18.7. The number of nitrogens with one attached hydrogen (secondary N) is 5. The standard InChI is InChI=1S/C40H58N6O10/c1-24-35(48)45-30(38(51)55-9)22-25-15-17-31(53-7)27(21-25)28-23-26(16-18-32(28)54-8)34(36(49)43-24)46(6)37(50)29(44-33(47)14-12-19-41-5)13-10-11-20-42-39(52)56-40(2,3)4/h15-18,21,23-24,29-30,34,41H,10-14,19-20,22H2,1-9H3,(H,42,52)(H,43,49)(H,44,47)(H,45,48)/t24-,29-,30-,34-/m0/s1. The molecule has 0 saturated carbocycles. The number of unbranched alkanes of at least 4 members (excludes halogenated alkanes) is 1. The van der Waals surface area contributed by atoms with Gasteiger partial charge in [-0.3, -0.25) is 19.2 Å². The molecule has 0 fully saturated rings. The second-order valence-corrected chi connectivity index (χ2v) is 14.6. The van der Waals surface area contributed by atoms with Gasteiger partial charge in [-0.05, 0) is 102 Å². The number of fused-ring (bicyclic) bond motifs is 5. The number of rotatable bonds is 15. The molecule has 1 heterocycles. The number of alkyl carbamates (subject to hydrolysis) is 1. The van der Waals surface area contributed by atoms with Crippen LogP contribution in [0.25, 0.3) is 11.1 Å². The van der Waals surface area contributed by atoms with Crippen LogP contribution in [0.4, 0.5) is 4.79 Å². The Hall–Kier alpha value is -5.38. The molecule has 2 aromatic carbocycles. The first-order chi connectivity index (χ1) is 26.5. The number of hydrogen-bond donors (Lipinski definition) is 5. The number of benzene rings is 2. The van der Waals surface area contributed by atoms with Crippen LogP contribution >= 0.6 is 0 Å². The molecule has 4 atom stereocenters. The van der Waals surface area contributed by atoms with E-state index in [1.165, 1.54) is 40.2 Å². The smallest absolute Gasteiger partial charge is 0.407 e. The maximum atomic E-state index is 14.5. The third-order valence-corrected chi connectivity index (χ3v) is 9.12. The van der Waals surface area contributed by atoms with Gasteiger partial charge in [0.15, 0.2) is 0 Å². The van der Waals surface area contributed by atoms with E-state index in [1.807, 2.05) is 0 Å². The Morgan fingerprint density at radius 1 is 0.893 bits per heavy atom. The highest BCUT2D eigenvalue weighted by atomic mass is 16.6. The molecule has 16 heteroatoms. The summed E-state index contributed by atoms with van der Waals surface area (Å²) in [6, 6.07) is 5.82. The summed E-state index contributed by atoms with van der Waals surface area (Å²) in [5.41, 5.74) is 1.52. The van der Waals surface area contributed by atoms with Gasteiger partial charge in [0.1, 0.15) is 41.3 Å². The zero-order valence-corrected chi connectivity index (χ0v) is 34.0. The number of carbonyl (C=O) groups excluding carboxylic acids is 6. The van der Waals surface area contributed by atoms with Crippen LogP contribution in [0.3, 0.4) is 0 Å². The maximum absolute atomic E-state index is 14.5. The van der Waals surface area contributed by atoms with E-state index in [9.17, 15) is 28.8 Å². The lowest BCUT2D eigenvalue weighted by molar-refractivity contribution is -0.145. The maximum Gasteiger partial charge on any atom is 0.407 e. The molecule has 0 radical (unpaired) electrons. The summed E-state index contributed by atoms with van der Waals surface area (Å²) >= 11 is 0. The highest BCUT2D eigenvalue weighted by Crippen LogP contribution is 2.40. The zero-order chi connectivity index (χ0) is 41.6. The molecule has 3 rings (SSSR count). The Kier molecular flexibility index (Phi) is 16.9. The average Bonchev–Trinajstić information content (AvgIpc) is 3.15. The summed E-state index contributed by atoms with van der Waals surface area (Å²) in [6.45, 7) is 7.64. The molecular formula is C40H58N6O10. The third kappa shape index (κ3) is 12.9. The fourth-order valence-corrected chi connectivity index (χ4v) is 6.28. The van der Waals surface area contributed by atoms with Crippen LogP contribution in [0.2, 0.25) is 0 Å². The molecule has 1 aliphatic rings. The lowest BCUT2D eigenvalue weighted by Crippen LogP contribution is -2.55.